The number of fused-ring (bicyclic) bond motifs is 1. The number of amides is 2. The summed E-state index contributed by atoms with van der Waals surface area (Å²) in [5.74, 6) is -1.27. The molecule has 1 aliphatic rings. The summed E-state index contributed by atoms with van der Waals surface area (Å²) in [6, 6.07) is 12.1. The van der Waals surface area contributed by atoms with Gasteiger partial charge in [-0.05, 0) is 68.8 Å². The highest BCUT2D eigenvalue weighted by molar-refractivity contribution is 6.39. The Morgan fingerprint density at radius 2 is 1.90 bits per heavy atom. The predicted molar refractivity (Wildman–Crippen MR) is 117 cm³/mol. The summed E-state index contributed by atoms with van der Waals surface area (Å²) in [5, 5.41) is 5.50. The number of aryl methyl sites for hydroxylation is 1. The second-order valence-corrected chi connectivity index (χ2v) is 7.95. The van der Waals surface area contributed by atoms with Crippen molar-refractivity contribution in [1.82, 2.24) is 10.2 Å². The topological polar surface area (TPSA) is 64.7 Å². The number of nitrogens with zero attached hydrogens (tertiary/aromatic N) is 2. The minimum absolute atomic E-state index is 0.0105. The molecule has 0 aliphatic carbocycles. The Morgan fingerprint density at radius 3 is 2.62 bits per heavy atom. The van der Waals surface area contributed by atoms with Crippen LogP contribution in [-0.2, 0) is 16.0 Å². The van der Waals surface area contributed by atoms with Gasteiger partial charge in [0.2, 0.25) is 0 Å². The summed E-state index contributed by atoms with van der Waals surface area (Å²) in [6.45, 7) is 5.29. The van der Waals surface area contributed by atoms with E-state index >= 15 is 0 Å². The minimum Gasteiger partial charge on any atom is -0.374 e. The highest BCUT2D eigenvalue weighted by atomic mass is 16.2. The summed E-state index contributed by atoms with van der Waals surface area (Å²) in [6.07, 6.45) is 1.03. The fraction of sp³-hybridized carbons (Fsp3) is 0.391. The van der Waals surface area contributed by atoms with E-state index < -0.39 is 11.8 Å². The zero-order chi connectivity index (χ0) is 21.1. The second kappa shape index (κ2) is 8.66. The van der Waals surface area contributed by atoms with E-state index in [4.69, 9.17) is 0 Å². The number of hydrogen-bond donors (Lipinski definition) is 2. The lowest BCUT2D eigenvalue weighted by Crippen LogP contribution is -2.40. The third-order valence-electron chi connectivity index (χ3n) is 5.75. The molecule has 1 aliphatic heterocycles. The molecule has 6 heteroatoms. The lowest BCUT2D eigenvalue weighted by atomic mass is 10.0. The van der Waals surface area contributed by atoms with Crippen LogP contribution in [0, 0.1) is 13.8 Å². The number of carbonyl (C=O) groups is 2. The molecule has 0 fully saturated rings. The molecule has 2 aromatic carbocycles. The molecular weight excluding hydrogens is 364 g/mol. The first kappa shape index (κ1) is 20.9. The molecule has 2 aromatic rings. The molecule has 3 rings (SSSR count). The standard InChI is InChI=1S/C23H30N4O2/c1-15-7-6-8-19(16(15)2)25-23(29)22(28)24-14-21(26(3)4)17-9-10-20-18(13-17)11-12-27(20)5/h6-10,13,21H,11-12,14H2,1-5H3,(H,24,28)(H,25,29)/t21-/m0/s1. The summed E-state index contributed by atoms with van der Waals surface area (Å²) in [4.78, 5) is 29.0. The summed E-state index contributed by atoms with van der Waals surface area (Å²) in [7, 11) is 6.06. The summed E-state index contributed by atoms with van der Waals surface area (Å²) in [5.41, 5.74) is 6.43. The summed E-state index contributed by atoms with van der Waals surface area (Å²) < 4.78 is 0. The highest BCUT2D eigenvalue weighted by Crippen LogP contribution is 2.30. The third-order valence-corrected chi connectivity index (χ3v) is 5.75. The predicted octanol–water partition coefficient (Wildman–Crippen LogP) is 2.65. The van der Waals surface area contributed by atoms with Gasteiger partial charge in [0.05, 0.1) is 6.04 Å². The van der Waals surface area contributed by atoms with Crippen LogP contribution in [0.2, 0.25) is 0 Å². The van der Waals surface area contributed by atoms with Gasteiger partial charge >= 0.3 is 11.8 Å². The number of benzene rings is 2. The van der Waals surface area contributed by atoms with Gasteiger partial charge in [0.15, 0.2) is 0 Å². The third kappa shape index (κ3) is 4.59. The van der Waals surface area contributed by atoms with Crippen LogP contribution >= 0.6 is 0 Å². The molecule has 2 amide bonds. The molecule has 0 unspecified atom stereocenters. The Balaban J connectivity index is 1.65. The quantitative estimate of drug-likeness (QED) is 0.766. The largest absolute Gasteiger partial charge is 0.374 e. The Kier molecular flexibility index (Phi) is 6.23. The average Bonchev–Trinajstić information content (AvgIpc) is 3.05. The first-order valence-corrected chi connectivity index (χ1v) is 9.93. The van der Waals surface area contributed by atoms with E-state index in [9.17, 15) is 9.59 Å². The molecule has 1 heterocycles. The van der Waals surface area contributed by atoms with Crippen LogP contribution in [0.25, 0.3) is 0 Å². The van der Waals surface area contributed by atoms with Crippen molar-refractivity contribution in [3.05, 3.63) is 58.7 Å². The lowest BCUT2D eigenvalue weighted by molar-refractivity contribution is -0.136. The van der Waals surface area contributed by atoms with Gasteiger partial charge < -0.3 is 20.4 Å². The normalized spacial score (nSPS) is 13.9. The zero-order valence-corrected chi connectivity index (χ0v) is 17.9. The van der Waals surface area contributed by atoms with Gasteiger partial charge in [0.25, 0.3) is 0 Å². The SMILES string of the molecule is Cc1cccc(NC(=O)C(=O)NC[C@@H](c2ccc3c(c2)CCN3C)N(C)C)c1C. The van der Waals surface area contributed by atoms with E-state index in [1.54, 1.807) is 6.07 Å². The van der Waals surface area contributed by atoms with E-state index in [-0.39, 0.29) is 6.04 Å². The van der Waals surface area contributed by atoms with Gasteiger partial charge in [-0.15, -0.1) is 0 Å². The number of rotatable bonds is 5. The fourth-order valence-electron chi connectivity index (χ4n) is 3.73. The van der Waals surface area contributed by atoms with E-state index in [1.807, 2.05) is 40.1 Å². The highest BCUT2D eigenvalue weighted by Gasteiger charge is 2.22. The second-order valence-electron chi connectivity index (χ2n) is 7.95. The Hall–Kier alpha value is -2.86. The van der Waals surface area contributed by atoms with Gasteiger partial charge in [0, 0.05) is 31.5 Å². The Bertz CT molecular complexity index is 923. The van der Waals surface area contributed by atoms with Crippen molar-refractivity contribution in [1.29, 1.82) is 0 Å². The maximum Gasteiger partial charge on any atom is 0.313 e. The first-order chi connectivity index (χ1) is 13.8. The maximum absolute atomic E-state index is 12.4. The molecule has 0 spiro atoms. The van der Waals surface area contributed by atoms with Crippen molar-refractivity contribution in [3.8, 4) is 0 Å². The number of anilines is 2. The molecule has 0 saturated heterocycles. The summed E-state index contributed by atoms with van der Waals surface area (Å²) >= 11 is 0. The lowest BCUT2D eigenvalue weighted by Gasteiger charge is -2.26. The first-order valence-electron chi connectivity index (χ1n) is 9.93. The van der Waals surface area contributed by atoms with Gasteiger partial charge in [-0.2, -0.15) is 0 Å². The minimum atomic E-state index is -0.646. The molecule has 0 radical (unpaired) electrons. The average molecular weight is 395 g/mol. The Morgan fingerprint density at radius 1 is 1.14 bits per heavy atom. The Labute approximate surface area is 172 Å². The number of nitrogens with one attached hydrogen (secondary N) is 2. The fourth-order valence-corrected chi connectivity index (χ4v) is 3.73. The molecular formula is C23H30N4O2. The molecule has 154 valence electrons. The van der Waals surface area contributed by atoms with E-state index in [1.165, 1.54) is 11.3 Å². The van der Waals surface area contributed by atoms with Crippen molar-refractivity contribution in [2.45, 2.75) is 26.3 Å². The van der Waals surface area contributed by atoms with Crippen molar-refractivity contribution in [2.75, 3.05) is 44.4 Å². The van der Waals surface area contributed by atoms with E-state index in [0.717, 1.165) is 29.7 Å². The number of carbonyl (C=O) groups excluding carboxylic acids is 2. The van der Waals surface area contributed by atoms with Crippen LogP contribution in [0.15, 0.2) is 36.4 Å². The van der Waals surface area contributed by atoms with Gasteiger partial charge in [-0.1, -0.05) is 24.3 Å². The van der Waals surface area contributed by atoms with Crippen LogP contribution in [0.3, 0.4) is 0 Å². The molecule has 1 atom stereocenters. The van der Waals surface area contributed by atoms with Crippen LogP contribution in [0.4, 0.5) is 11.4 Å². The monoisotopic (exact) mass is 394 g/mol. The number of likely N-dealkylation sites (N-methyl/N-ethyl adjacent to an activating group) is 2. The molecule has 6 nitrogen and oxygen atoms in total. The molecule has 2 N–H and O–H groups in total. The van der Waals surface area contributed by atoms with Crippen molar-refractivity contribution < 1.29 is 9.59 Å². The molecule has 0 aromatic heterocycles. The van der Waals surface area contributed by atoms with Crippen molar-refractivity contribution in [2.24, 2.45) is 0 Å². The van der Waals surface area contributed by atoms with Gasteiger partial charge in [-0.25, -0.2) is 0 Å². The maximum atomic E-state index is 12.4. The van der Waals surface area contributed by atoms with Crippen LogP contribution in [0.5, 0.6) is 0 Å². The van der Waals surface area contributed by atoms with Crippen molar-refractivity contribution in [3.63, 3.8) is 0 Å². The number of hydrogen-bond acceptors (Lipinski definition) is 4. The zero-order valence-electron chi connectivity index (χ0n) is 17.9. The van der Waals surface area contributed by atoms with Crippen molar-refractivity contribution >= 4 is 23.2 Å². The molecule has 0 bridgehead atoms. The van der Waals surface area contributed by atoms with Gasteiger partial charge in [0.1, 0.15) is 0 Å². The van der Waals surface area contributed by atoms with Gasteiger partial charge in [-0.3, -0.25) is 9.59 Å². The van der Waals surface area contributed by atoms with Crippen LogP contribution in [0.1, 0.15) is 28.3 Å². The van der Waals surface area contributed by atoms with Crippen LogP contribution < -0.4 is 15.5 Å². The van der Waals surface area contributed by atoms with E-state index in [0.29, 0.717) is 12.2 Å². The molecule has 29 heavy (non-hydrogen) atoms. The molecule has 0 saturated carbocycles. The van der Waals surface area contributed by atoms with Crippen LogP contribution in [-0.4, -0.2) is 50.9 Å². The van der Waals surface area contributed by atoms with E-state index in [2.05, 4.69) is 45.7 Å². The smallest absolute Gasteiger partial charge is 0.313 e.